The Morgan fingerprint density at radius 2 is 1.83 bits per heavy atom. The largest absolute Gasteiger partial charge is 0.322 e. The van der Waals surface area contributed by atoms with Gasteiger partial charge in [-0.1, -0.05) is 18.2 Å². The van der Waals surface area contributed by atoms with Crippen LogP contribution in [-0.2, 0) is 14.8 Å². The van der Waals surface area contributed by atoms with Gasteiger partial charge >= 0.3 is 0 Å². The zero-order valence-electron chi connectivity index (χ0n) is 16.7. The van der Waals surface area contributed by atoms with E-state index in [-0.39, 0.29) is 11.4 Å². The van der Waals surface area contributed by atoms with Crippen LogP contribution in [0.3, 0.4) is 0 Å². The normalized spacial score (nSPS) is 11.6. The number of rotatable bonds is 6. The first-order valence-electron chi connectivity index (χ1n) is 9.02. The Hall–Kier alpha value is -3.46. The maximum Gasteiger partial charge on any atom is 0.248 e. The number of aromatic nitrogens is 2. The highest BCUT2D eigenvalue weighted by Gasteiger charge is 2.12. The van der Waals surface area contributed by atoms with Crippen LogP contribution in [0.15, 0.2) is 54.6 Å². The first-order valence-corrected chi connectivity index (χ1v) is 10.9. The maximum absolute atomic E-state index is 13.8. The number of carbonyl (C=O) groups is 1. The Labute approximate surface area is 174 Å². The lowest BCUT2D eigenvalue weighted by molar-refractivity contribution is -0.111. The molecule has 2 aromatic carbocycles. The Bertz CT molecular complexity index is 1220. The summed E-state index contributed by atoms with van der Waals surface area (Å²) in [6.45, 7) is 3.76. The van der Waals surface area contributed by atoms with Crippen LogP contribution in [0, 0.1) is 19.7 Å². The molecule has 0 saturated carbocycles. The van der Waals surface area contributed by atoms with Crippen molar-refractivity contribution in [3.05, 3.63) is 77.4 Å². The minimum Gasteiger partial charge on any atom is -0.322 e. The number of hydrogen-bond donors (Lipinski definition) is 2. The van der Waals surface area contributed by atoms with Crippen molar-refractivity contribution in [1.29, 1.82) is 0 Å². The fourth-order valence-corrected chi connectivity index (χ4v) is 3.50. The van der Waals surface area contributed by atoms with Crippen molar-refractivity contribution in [2.24, 2.45) is 0 Å². The summed E-state index contributed by atoms with van der Waals surface area (Å²) in [5.41, 5.74) is 3.39. The number of hydrogen-bond acceptors (Lipinski definition) is 4. The molecule has 0 aliphatic heterocycles. The van der Waals surface area contributed by atoms with Crippen molar-refractivity contribution in [1.82, 2.24) is 9.78 Å². The number of benzene rings is 2. The highest BCUT2D eigenvalue weighted by molar-refractivity contribution is 7.92. The molecule has 0 bridgehead atoms. The summed E-state index contributed by atoms with van der Waals surface area (Å²) in [6, 6.07) is 13.3. The molecule has 7 nitrogen and oxygen atoms in total. The molecule has 0 fully saturated rings. The van der Waals surface area contributed by atoms with E-state index in [1.807, 2.05) is 44.2 Å². The minimum atomic E-state index is -3.65. The van der Waals surface area contributed by atoms with Gasteiger partial charge in [0.2, 0.25) is 15.9 Å². The van der Waals surface area contributed by atoms with E-state index in [9.17, 15) is 17.6 Å². The maximum atomic E-state index is 13.8. The smallest absolute Gasteiger partial charge is 0.248 e. The van der Waals surface area contributed by atoms with Crippen molar-refractivity contribution in [2.75, 3.05) is 16.3 Å². The quantitative estimate of drug-likeness (QED) is 0.586. The van der Waals surface area contributed by atoms with Crippen LogP contribution in [0.2, 0.25) is 0 Å². The number of anilines is 2. The summed E-state index contributed by atoms with van der Waals surface area (Å²) in [4.78, 5) is 12.3. The molecule has 0 spiro atoms. The average Bonchev–Trinajstić information content (AvgIpc) is 2.96. The third kappa shape index (κ3) is 5.12. The van der Waals surface area contributed by atoms with Crippen LogP contribution < -0.4 is 10.0 Å². The Morgan fingerprint density at radius 1 is 1.13 bits per heavy atom. The van der Waals surface area contributed by atoms with Crippen LogP contribution in [0.1, 0.15) is 17.0 Å². The van der Waals surface area contributed by atoms with Gasteiger partial charge in [-0.2, -0.15) is 5.10 Å². The fourth-order valence-electron chi connectivity index (χ4n) is 2.94. The number of halogens is 1. The number of amides is 1. The predicted octanol–water partition coefficient (Wildman–Crippen LogP) is 3.65. The molecule has 1 heterocycles. The highest BCUT2D eigenvalue weighted by atomic mass is 32.2. The zero-order valence-corrected chi connectivity index (χ0v) is 17.5. The number of nitrogens with zero attached hydrogens (tertiary/aromatic N) is 2. The van der Waals surface area contributed by atoms with E-state index in [2.05, 4.69) is 15.1 Å². The number of sulfonamides is 1. The van der Waals surface area contributed by atoms with E-state index in [0.29, 0.717) is 0 Å². The van der Waals surface area contributed by atoms with E-state index >= 15 is 0 Å². The summed E-state index contributed by atoms with van der Waals surface area (Å²) in [5, 5.41) is 7.11. The van der Waals surface area contributed by atoms with Gasteiger partial charge < -0.3 is 5.32 Å². The van der Waals surface area contributed by atoms with E-state index in [4.69, 9.17) is 0 Å². The molecule has 3 rings (SSSR count). The van der Waals surface area contributed by atoms with E-state index in [1.54, 1.807) is 10.8 Å². The molecule has 0 unspecified atom stereocenters. The van der Waals surface area contributed by atoms with Crippen molar-refractivity contribution in [3.8, 4) is 5.69 Å². The fraction of sp³-hybridized carbons (Fsp3) is 0.143. The second-order valence-corrected chi connectivity index (χ2v) is 8.47. The Morgan fingerprint density at radius 3 is 2.50 bits per heavy atom. The van der Waals surface area contributed by atoms with E-state index < -0.39 is 21.7 Å². The van der Waals surface area contributed by atoms with Gasteiger partial charge in [-0.15, -0.1) is 0 Å². The van der Waals surface area contributed by atoms with Crippen LogP contribution >= 0.6 is 0 Å². The van der Waals surface area contributed by atoms with Crippen LogP contribution in [0.25, 0.3) is 11.8 Å². The molecule has 0 atom stereocenters. The molecule has 0 aliphatic carbocycles. The molecule has 0 radical (unpaired) electrons. The second kappa shape index (κ2) is 8.50. The van der Waals surface area contributed by atoms with E-state index in [0.717, 1.165) is 35.0 Å². The summed E-state index contributed by atoms with van der Waals surface area (Å²) in [7, 11) is -3.65. The van der Waals surface area contributed by atoms with Crippen LogP contribution in [0.5, 0.6) is 0 Å². The van der Waals surface area contributed by atoms with Crippen molar-refractivity contribution in [2.45, 2.75) is 13.8 Å². The highest BCUT2D eigenvalue weighted by Crippen LogP contribution is 2.21. The Balaban J connectivity index is 1.78. The lowest BCUT2D eigenvalue weighted by Crippen LogP contribution is -2.12. The van der Waals surface area contributed by atoms with Gasteiger partial charge in [0.25, 0.3) is 0 Å². The zero-order chi connectivity index (χ0) is 21.9. The molecule has 9 heteroatoms. The number of carbonyl (C=O) groups excluding carboxylic acids is 1. The van der Waals surface area contributed by atoms with Crippen molar-refractivity contribution < 1.29 is 17.6 Å². The molecule has 156 valence electrons. The second-order valence-electron chi connectivity index (χ2n) is 6.72. The minimum absolute atomic E-state index is 0.241. The van der Waals surface area contributed by atoms with E-state index in [1.165, 1.54) is 18.2 Å². The molecular formula is C21H21FN4O3S. The summed E-state index contributed by atoms with van der Waals surface area (Å²) >= 11 is 0. The predicted molar refractivity (Wildman–Crippen MR) is 116 cm³/mol. The summed E-state index contributed by atoms with van der Waals surface area (Å²) in [5.74, 6) is -1.19. The third-order valence-corrected chi connectivity index (χ3v) is 4.87. The SMILES string of the molecule is Cc1nn(-c2ccccc2)c(C)c1/C=C/C(=O)Nc1ccc(F)c(NS(C)(=O)=O)c1. The number of aryl methyl sites for hydroxylation is 1. The monoisotopic (exact) mass is 428 g/mol. The lowest BCUT2D eigenvalue weighted by Gasteiger charge is -2.08. The average molecular weight is 428 g/mol. The van der Waals surface area contributed by atoms with Gasteiger partial charge in [0.05, 0.1) is 23.3 Å². The summed E-state index contributed by atoms with van der Waals surface area (Å²) in [6.07, 6.45) is 3.92. The third-order valence-electron chi connectivity index (χ3n) is 4.28. The molecule has 30 heavy (non-hydrogen) atoms. The van der Waals surface area contributed by atoms with Gasteiger partial charge in [-0.3, -0.25) is 9.52 Å². The lowest BCUT2D eigenvalue weighted by atomic mass is 10.2. The van der Waals surface area contributed by atoms with Gasteiger partial charge in [-0.25, -0.2) is 17.5 Å². The number of para-hydroxylation sites is 1. The molecule has 0 saturated heterocycles. The molecule has 1 aromatic heterocycles. The van der Waals surface area contributed by atoms with Gasteiger partial charge in [-0.05, 0) is 50.3 Å². The molecule has 2 N–H and O–H groups in total. The van der Waals surface area contributed by atoms with Gasteiger partial charge in [0.15, 0.2) is 0 Å². The first-order chi connectivity index (χ1) is 14.1. The molecule has 1 amide bonds. The molecule has 3 aromatic rings. The molecular weight excluding hydrogens is 407 g/mol. The van der Waals surface area contributed by atoms with Crippen molar-refractivity contribution >= 4 is 33.4 Å². The standard InChI is InChI=1S/C21H21FN4O3S/c1-14-18(15(2)26(24-14)17-7-5-4-6-8-17)10-12-21(27)23-16-9-11-19(22)20(13-16)25-30(3,28)29/h4-13,25H,1-3H3,(H,23,27)/b12-10+. The topological polar surface area (TPSA) is 93.1 Å². The van der Waals surface area contributed by atoms with Gasteiger partial charge in [0, 0.05) is 23.0 Å². The van der Waals surface area contributed by atoms with Crippen LogP contribution in [-0.4, -0.2) is 30.4 Å². The molecule has 0 aliphatic rings. The van der Waals surface area contributed by atoms with Crippen molar-refractivity contribution in [3.63, 3.8) is 0 Å². The number of nitrogens with one attached hydrogen (secondary N) is 2. The van der Waals surface area contributed by atoms with Gasteiger partial charge in [0.1, 0.15) is 5.82 Å². The Kier molecular flexibility index (Phi) is 6.02. The first kappa shape index (κ1) is 21.3. The van der Waals surface area contributed by atoms with Crippen LogP contribution in [0.4, 0.5) is 15.8 Å². The summed E-state index contributed by atoms with van der Waals surface area (Å²) < 4.78 is 40.3.